The lowest BCUT2D eigenvalue weighted by atomic mass is 9.97. The molecular weight excluding hydrogens is 462 g/mol. The number of hydrazone groups is 1. The predicted octanol–water partition coefficient (Wildman–Crippen LogP) is 1.93. The number of benzene rings is 2. The van der Waals surface area contributed by atoms with Crippen LogP contribution in [0.4, 0.5) is 0 Å². The van der Waals surface area contributed by atoms with E-state index in [0.29, 0.717) is 6.42 Å². The summed E-state index contributed by atoms with van der Waals surface area (Å²) in [5.74, 6) is 2.09. The Morgan fingerprint density at radius 1 is 1.22 bits per heavy atom. The van der Waals surface area contributed by atoms with Gasteiger partial charge < -0.3 is 15.6 Å². The molecule has 10 heteroatoms. The average Bonchev–Trinajstić information content (AvgIpc) is 3.40. The van der Waals surface area contributed by atoms with E-state index in [9.17, 15) is 19.2 Å². The molecule has 0 saturated carbocycles. The number of hydrogen-bond donors (Lipinski definition) is 2. The fourth-order valence-electron chi connectivity index (χ4n) is 4.59. The van der Waals surface area contributed by atoms with E-state index in [0.717, 1.165) is 37.6 Å². The topological polar surface area (TPSA) is 138 Å². The van der Waals surface area contributed by atoms with Crippen LogP contribution in [0.2, 0.25) is 0 Å². The molecule has 1 aromatic heterocycles. The molecular formula is C26H27N5O5. The maximum absolute atomic E-state index is 13.4. The third-order valence-electron chi connectivity index (χ3n) is 6.30. The minimum Gasteiger partial charge on any atom is -0.467 e. The van der Waals surface area contributed by atoms with Crippen LogP contribution in [-0.4, -0.2) is 58.1 Å². The van der Waals surface area contributed by atoms with Gasteiger partial charge in [-0.15, -0.1) is 0 Å². The predicted molar refractivity (Wildman–Crippen MR) is 132 cm³/mol. The highest BCUT2D eigenvalue weighted by Crippen LogP contribution is 2.29. The van der Waals surface area contributed by atoms with Gasteiger partial charge in [-0.05, 0) is 29.2 Å². The number of rotatable bonds is 8. The zero-order valence-corrected chi connectivity index (χ0v) is 20.0. The zero-order chi connectivity index (χ0) is 25.8. The molecule has 0 bridgehead atoms. The Hall–Kier alpha value is -4.47. The van der Waals surface area contributed by atoms with Gasteiger partial charge in [0.2, 0.25) is 11.8 Å². The Kier molecular flexibility index (Phi) is 7.14. The minimum absolute atomic E-state index is 0.0577. The van der Waals surface area contributed by atoms with Crippen molar-refractivity contribution >= 4 is 40.8 Å². The zero-order valence-electron chi connectivity index (χ0n) is 20.0. The summed E-state index contributed by atoms with van der Waals surface area (Å²) < 4.78 is 4.98. The molecule has 2 aromatic carbocycles. The summed E-state index contributed by atoms with van der Waals surface area (Å²) in [6, 6.07) is 13.6. The van der Waals surface area contributed by atoms with Gasteiger partial charge in [-0.25, -0.2) is 9.80 Å². The molecule has 1 aliphatic rings. The second-order valence-corrected chi connectivity index (χ2v) is 8.63. The molecule has 1 fully saturated rings. The van der Waals surface area contributed by atoms with Gasteiger partial charge in [0.05, 0.1) is 19.2 Å². The summed E-state index contributed by atoms with van der Waals surface area (Å²) in [6.45, 7) is 1.22. The quantitative estimate of drug-likeness (QED) is 0.163. The van der Waals surface area contributed by atoms with Gasteiger partial charge in [0.25, 0.3) is 5.91 Å². The van der Waals surface area contributed by atoms with E-state index in [4.69, 9.17) is 10.6 Å². The Morgan fingerprint density at radius 2 is 1.94 bits per heavy atom. The molecule has 1 unspecified atom stereocenters. The van der Waals surface area contributed by atoms with Gasteiger partial charge in [0, 0.05) is 36.9 Å². The van der Waals surface area contributed by atoms with Crippen LogP contribution in [-0.2, 0) is 36.8 Å². The van der Waals surface area contributed by atoms with Crippen molar-refractivity contribution in [2.75, 3.05) is 7.11 Å². The Morgan fingerprint density at radius 3 is 2.61 bits per heavy atom. The number of aromatic amines is 1. The van der Waals surface area contributed by atoms with Crippen LogP contribution in [0.15, 0.2) is 59.8 Å². The van der Waals surface area contributed by atoms with E-state index in [1.165, 1.54) is 20.2 Å². The number of methoxy groups -OCH3 is 1. The molecule has 186 valence electrons. The number of nitrogens with two attached hydrogens (primary N) is 1. The lowest BCUT2D eigenvalue weighted by molar-refractivity contribution is -0.178. The van der Waals surface area contributed by atoms with Gasteiger partial charge in [-0.1, -0.05) is 42.5 Å². The molecule has 0 spiro atoms. The maximum atomic E-state index is 13.4. The van der Waals surface area contributed by atoms with Crippen molar-refractivity contribution in [3.8, 4) is 0 Å². The monoisotopic (exact) mass is 489 g/mol. The van der Waals surface area contributed by atoms with E-state index in [2.05, 4.69) is 10.1 Å². The van der Waals surface area contributed by atoms with Crippen molar-refractivity contribution in [2.45, 2.75) is 32.2 Å². The maximum Gasteiger partial charge on any atom is 0.331 e. The van der Waals surface area contributed by atoms with Crippen molar-refractivity contribution in [3.63, 3.8) is 0 Å². The number of nitrogens with one attached hydrogen (secondary N) is 1. The van der Waals surface area contributed by atoms with E-state index in [-0.39, 0.29) is 12.8 Å². The number of hydrogen-bond acceptors (Lipinski definition) is 7. The van der Waals surface area contributed by atoms with Crippen molar-refractivity contribution in [1.29, 1.82) is 0 Å². The molecule has 1 saturated heterocycles. The molecule has 3 N–H and O–H groups in total. The highest BCUT2D eigenvalue weighted by atomic mass is 16.5. The Labute approximate surface area is 207 Å². The fraction of sp³-hybridized carbons (Fsp3) is 0.269. The normalized spacial score (nSPS) is 16.6. The molecule has 3 aromatic rings. The summed E-state index contributed by atoms with van der Waals surface area (Å²) in [4.78, 5) is 55.2. The first-order valence-corrected chi connectivity index (χ1v) is 11.5. The smallest absolute Gasteiger partial charge is 0.331 e. The minimum atomic E-state index is -1.20. The molecule has 0 radical (unpaired) electrons. The average molecular weight is 490 g/mol. The van der Waals surface area contributed by atoms with Gasteiger partial charge in [0.1, 0.15) is 0 Å². The van der Waals surface area contributed by atoms with E-state index >= 15 is 0 Å². The van der Waals surface area contributed by atoms with Crippen molar-refractivity contribution in [1.82, 2.24) is 15.0 Å². The number of amides is 3. The summed E-state index contributed by atoms with van der Waals surface area (Å²) >= 11 is 0. The summed E-state index contributed by atoms with van der Waals surface area (Å²) in [5.41, 5.74) is 3.26. The van der Waals surface area contributed by atoms with Gasteiger partial charge in [-0.3, -0.25) is 14.4 Å². The fourth-order valence-corrected chi connectivity index (χ4v) is 4.59. The number of nitrogens with zero attached hydrogens (tertiary/aromatic N) is 3. The largest absolute Gasteiger partial charge is 0.467 e. The summed E-state index contributed by atoms with van der Waals surface area (Å²) in [6.07, 6.45) is 3.53. The third-order valence-corrected chi connectivity index (χ3v) is 6.30. The number of imide groups is 1. The number of H-pyrrole nitrogens is 1. The molecule has 3 amide bonds. The standard InChI is InChI=1S/C26H27N5O5/c1-16(32)30(23(26(35)36-2)12-20-15-28-22-6-4-3-5-21(20)22)31-24(33)13-19(25(31)34)11-17-7-9-18(10-8-17)14-29-27/h3-10,14-15,19,23,28H,11-13,27H2,1-2H3/t19?,23-/m0/s1. The molecule has 2 heterocycles. The lowest BCUT2D eigenvalue weighted by Crippen LogP contribution is -2.57. The number of esters is 1. The molecule has 36 heavy (non-hydrogen) atoms. The van der Waals surface area contributed by atoms with Crippen LogP contribution in [0, 0.1) is 5.92 Å². The number of aromatic nitrogens is 1. The molecule has 4 rings (SSSR count). The van der Waals surface area contributed by atoms with Crippen LogP contribution < -0.4 is 5.84 Å². The Bertz CT molecular complexity index is 1330. The number of carbonyl (C=O) groups is 4. The lowest BCUT2D eigenvalue weighted by Gasteiger charge is -2.34. The van der Waals surface area contributed by atoms with Crippen LogP contribution in [0.5, 0.6) is 0 Å². The highest BCUT2D eigenvalue weighted by Gasteiger charge is 2.47. The number of hydrazine groups is 1. The first-order chi connectivity index (χ1) is 17.3. The van der Waals surface area contributed by atoms with Crippen LogP contribution in [0.1, 0.15) is 30.0 Å². The van der Waals surface area contributed by atoms with Crippen LogP contribution in [0.3, 0.4) is 0 Å². The van der Waals surface area contributed by atoms with Crippen molar-refractivity contribution < 1.29 is 23.9 Å². The molecule has 10 nitrogen and oxygen atoms in total. The summed E-state index contributed by atoms with van der Waals surface area (Å²) in [5, 5.41) is 6.11. The number of para-hydroxylation sites is 1. The van der Waals surface area contributed by atoms with Gasteiger partial charge in [0.15, 0.2) is 6.04 Å². The van der Waals surface area contributed by atoms with E-state index in [1.54, 1.807) is 18.3 Å². The molecule has 2 atom stereocenters. The first-order valence-electron chi connectivity index (χ1n) is 11.5. The van der Waals surface area contributed by atoms with Crippen molar-refractivity contribution in [2.24, 2.45) is 16.9 Å². The Balaban J connectivity index is 1.61. The highest BCUT2D eigenvalue weighted by molar-refractivity contribution is 6.05. The van der Waals surface area contributed by atoms with Crippen molar-refractivity contribution in [3.05, 3.63) is 71.4 Å². The van der Waals surface area contributed by atoms with Crippen LogP contribution in [0.25, 0.3) is 10.9 Å². The number of fused-ring (bicyclic) bond motifs is 1. The molecule has 0 aliphatic carbocycles. The SMILES string of the molecule is COC(=O)[C@H](Cc1c[nH]c2ccccc12)N(C(C)=O)N1C(=O)CC(Cc2ccc(C=NN)cc2)C1=O. The summed E-state index contributed by atoms with van der Waals surface area (Å²) in [7, 11) is 1.21. The molecule has 1 aliphatic heterocycles. The third kappa shape index (κ3) is 4.83. The van der Waals surface area contributed by atoms with Gasteiger partial charge >= 0.3 is 5.97 Å². The van der Waals surface area contributed by atoms with Crippen LogP contribution >= 0.6 is 0 Å². The van der Waals surface area contributed by atoms with E-state index < -0.39 is 35.7 Å². The number of carbonyl (C=O) groups excluding carboxylic acids is 4. The van der Waals surface area contributed by atoms with Gasteiger partial charge in [-0.2, -0.15) is 10.1 Å². The number of ether oxygens (including phenoxy) is 1. The van der Waals surface area contributed by atoms with E-state index in [1.807, 2.05) is 36.4 Å². The first kappa shape index (κ1) is 24.6. The second-order valence-electron chi connectivity index (χ2n) is 8.63. The second kappa shape index (κ2) is 10.4.